The van der Waals surface area contributed by atoms with Crippen LogP contribution < -0.4 is 5.32 Å². The lowest BCUT2D eigenvalue weighted by Gasteiger charge is -2.12. The number of benzene rings is 1. The summed E-state index contributed by atoms with van der Waals surface area (Å²) >= 11 is 1.44. The van der Waals surface area contributed by atoms with Gasteiger partial charge in [0, 0.05) is 23.5 Å². The van der Waals surface area contributed by atoms with Gasteiger partial charge in [-0.2, -0.15) is 4.37 Å². The molecular weight excluding hydrogens is 254 g/mol. The predicted octanol–water partition coefficient (Wildman–Crippen LogP) is 3.80. The molecule has 3 nitrogen and oxygen atoms in total. The molecule has 0 amide bonds. The number of hydrogen-bond acceptors (Lipinski definition) is 4. The minimum absolute atomic E-state index is 0.0208. The predicted molar refractivity (Wildman–Crippen MR) is 82.0 cm³/mol. The number of hydrogen-bond donors (Lipinski definition) is 1. The summed E-state index contributed by atoms with van der Waals surface area (Å²) in [6, 6.07) is 8.61. The van der Waals surface area contributed by atoms with Gasteiger partial charge in [-0.15, -0.1) is 0 Å². The van der Waals surface area contributed by atoms with Crippen molar-refractivity contribution in [1.82, 2.24) is 9.36 Å². The first-order valence-corrected chi connectivity index (χ1v) is 7.36. The minimum Gasteiger partial charge on any atom is -0.360 e. The molecule has 1 N–H and O–H groups in total. The summed E-state index contributed by atoms with van der Waals surface area (Å²) in [6.45, 7) is 9.41. The zero-order valence-corrected chi connectivity index (χ0v) is 12.8. The van der Waals surface area contributed by atoms with E-state index in [0.29, 0.717) is 0 Å². The quantitative estimate of drug-likeness (QED) is 0.922. The molecule has 102 valence electrons. The van der Waals surface area contributed by atoms with Gasteiger partial charge in [-0.05, 0) is 18.9 Å². The van der Waals surface area contributed by atoms with Crippen molar-refractivity contribution >= 4 is 16.7 Å². The maximum absolute atomic E-state index is 4.53. The summed E-state index contributed by atoms with van der Waals surface area (Å²) in [7, 11) is 0. The highest BCUT2D eigenvalue weighted by Crippen LogP contribution is 2.22. The summed E-state index contributed by atoms with van der Waals surface area (Å²) in [5, 5.41) is 4.26. The Labute approximate surface area is 119 Å². The maximum atomic E-state index is 4.53. The lowest BCUT2D eigenvalue weighted by atomic mass is 9.96. The highest BCUT2D eigenvalue weighted by atomic mass is 32.1. The van der Waals surface area contributed by atoms with Gasteiger partial charge in [-0.3, -0.25) is 0 Å². The van der Waals surface area contributed by atoms with E-state index in [-0.39, 0.29) is 5.41 Å². The van der Waals surface area contributed by atoms with E-state index < -0.39 is 0 Å². The molecule has 1 aromatic heterocycles. The second-order valence-corrected chi connectivity index (χ2v) is 6.59. The molecule has 0 atom stereocenters. The normalized spacial score (nSPS) is 11.6. The Hall–Kier alpha value is -1.42. The number of anilines is 1. The van der Waals surface area contributed by atoms with Crippen molar-refractivity contribution in [3.8, 4) is 0 Å². The van der Waals surface area contributed by atoms with Crippen molar-refractivity contribution in [3.63, 3.8) is 0 Å². The van der Waals surface area contributed by atoms with E-state index in [0.717, 1.165) is 23.9 Å². The van der Waals surface area contributed by atoms with Gasteiger partial charge in [0.15, 0.2) is 0 Å². The van der Waals surface area contributed by atoms with E-state index >= 15 is 0 Å². The van der Waals surface area contributed by atoms with Gasteiger partial charge >= 0.3 is 0 Å². The maximum Gasteiger partial charge on any atom is 0.202 e. The molecule has 2 aromatic rings. The molecule has 0 saturated carbocycles. The third kappa shape index (κ3) is 4.03. The molecule has 0 fully saturated rings. The highest BCUT2D eigenvalue weighted by Gasteiger charge is 2.19. The number of aryl methyl sites for hydroxylation is 1. The van der Waals surface area contributed by atoms with Crippen LogP contribution in [0, 0.1) is 6.92 Å². The topological polar surface area (TPSA) is 37.8 Å². The summed E-state index contributed by atoms with van der Waals surface area (Å²) in [5.41, 5.74) is 2.68. The van der Waals surface area contributed by atoms with Crippen molar-refractivity contribution in [2.24, 2.45) is 0 Å². The lowest BCUT2D eigenvalue weighted by Crippen LogP contribution is -2.13. The fourth-order valence-corrected chi connectivity index (χ4v) is 2.56. The summed E-state index contributed by atoms with van der Waals surface area (Å²) < 4.78 is 4.40. The third-order valence-electron chi connectivity index (χ3n) is 2.87. The second-order valence-electron chi connectivity index (χ2n) is 5.84. The zero-order chi connectivity index (χ0) is 13.9. The van der Waals surface area contributed by atoms with Crippen molar-refractivity contribution in [2.45, 2.75) is 39.5 Å². The number of nitrogens with one attached hydrogen (secondary N) is 1. The Bertz CT molecular complexity index is 540. The number of aromatic nitrogens is 2. The van der Waals surface area contributed by atoms with Crippen molar-refractivity contribution in [1.29, 1.82) is 0 Å². The van der Waals surface area contributed by atoms with E-state index in [1.54, 1.807) is 0 Å². The lowest BCUT2D eigenvalue weighted by molar-refractivity contribution is 0.555. The summed E-state index contributed by atoms with van der Waals surface area (Å²) in [4.78, 5) is 4.53. The van der Waals surface area contributed by atoms with Crippen molar-refractivity contribution in [3.05, 3.63) is 41.2 Å². The monoisotopic (exact) mass is 275 g/mol. The Morgan fingerprint density at radius 2 is 2.05 bits per heavy atom. The minimum atomic E-state index is 0.0208. The van der Waals surface area contributed by atoms with Crippen LogP contribution >= 0.6 is 11.5 Å². The Morgan fingerprint density at radius 1 is 1.26 bits per heavy atom. The largest absolute Gasteiger partial charge is 0.360 e. The molecule has 0 unspecified atom stereocenters. The molecule has 0 aliphatic rings. The first kappa shape index (κ1) is 14.0. The van der Waals surface area contributed by atoms with Crippen LogP contribution in [0.5, 0.6) is 0 Å². The van der Waals surface area contributed by atoms with Crippen LogP contribution in [-0.4, -0.2) is 15.9 Å². The fourth-order valence-electron chi connectivity index (χ4n) is 1.78. The number of nitrogens with zero attached hydrogens (tertiary/aromatic N) is 2. The van der Waals surface area contributed by atoms with Crippen LogP contribution in [0.2, 0.25) is 0 Å². The average Bonchev–Trinajstić information content (AvgIpc) is 2.77. The standard InChI is InChI=1S/C15H21N3S/c1-11-6-5-7-12(10-11)8-9-16-14-17-13(18-19-14)15(2,3)4/h5-7,10H,8-9H2,1-4H3,(H,16,17,18). The fraction of sp³-hybridized carbons (Fsp3) is 0.467. The first-order chi connectivity index (χ1) is 8.95. The Morgan fingerprint density at radius 3 is 2.68 bits per heavy atom. The van der Waals surface area contributed by atoms with E-state index in [2.05, 4.69) is 66.6 Å². The molecule has 0 radical (unpaired) electrons. The molecule has 2 rings (SSSR count). The van der Waals surface area contributed by atoms with E-state index in [9.17, 15) is 0 Å². The van der Waals surface area contributed by atoms with Crippen LogP contribution in [0.15, 0.2) is 24.3 Å². The Balaban J connectivity index is 1.88. The highest BCUT2D eigenvalue weighted by molar-refractivity contribution is 7.09. The van der Waals surface area contributed by atoms with Crippen LogP contribution in [0.25, 0.3) is 0 Å². The molecule has 0 spiro atoms. The van der Waals surface area contributed by atoms with Gasteiger partial charge in [0.1, 0.15) is 5.82 Å². The zero-order valence-electron chi connectivity index (χ0n) is 12.0. The third-order valence-corrected chi connectivity index (χ3v) is 3.54. The molecule has 0 aliphatic carbocycles. The number of rotatable bonds is 4. The molecular formula is C15H21N3S. The molecule has 0 aliphatic heterocycles. The van der Waals surface area contributed by atoms with Crippen LogP contribution in [0.4, 0.5) is 5.13 Å². The molecule has 1 aromatic carbocycles. The average molecular weight is 275 g/mol. The van der Waals surface area contributed by atoms with Gasteiger partial charge in [-0.25, -0.2) is 4.98 Å². The van der Waals surface area contributed by atoms with Crippen molar-refractivity contribution in [2.75, 3.05) is 11.9 Å². The van der Waals surface area contributed by atoms with E-state index in [1.165, 1.54) is 22.7 Å². The van der Waals surface area contributed by atoms with Crippen LogP contribution in [0.1, 0.15) is 37.7 Å². The second kappa shape index (κ2) is 5.70. The molecule has 0 bridgehead atoms. The van der Waals surface area contributed by atoms with E-state index in [1.807, 2.05) is 0 Å². The SMILES string of the molecule is Cc1cccc(CCNc2nc(C(C)(C)C)ns2)c1. The molecule has 0 saturated heterocycles. The van der Waals surface area contributed by atoms with Crippen LogP contribution in [-0.2, 0) is 11.8 Å². The molecule has 19 heavy (non-hydrogen) atoms. The van der Waals surface area contributed by atoms with Gasteiger partial charge in [0.2, 0.25) is 5.13 Å². The van der Waals surface area contributed by atoms with Gasteiger partial charge in [-0.1, -0.05) is 50.6 Å². The van der Waals surface area contributed by atoms with E-state index in [4.69, 9.17) is 0 Å². The summed E-state index contributed by atoms with van der Waals surface area (Å²) in [6.07, 6.45) is 1.01. The molecule has 4 heteroatoms. The van der Waals surface area contributed by atoms with Crippen LogP contribution in [0.3, 0.4) is 0 Å². The Kier molecular flexibility index (Phi) is 4.20. The molecule has 1 heterocycles. The smallest absolute Gasteiger partial charge is 0.202 e. The van der Waals surface area contributed by atoms with Gasteiger partial charge in [0.05, 0.1) is 0 Å². The first-order valence-electron chi connectivity index (χ1n) is 6.59. The van der Waals surface area contributed by atoms with Crippen molar-refractivity contribution < 1.29 is 0 Å². The summed E-state index contributed by atoms with van der Waals surface area (Å²) in [5.74, 6) is 0.913. The van der Waals surface area contributed by atoms with Gasteiger partial charge < -0.3 is 5.32 Å². The van der Waals surface area contributed by atoms with Gasteiger partial charge in [0.25, 0.3) is 0 Å².